The standard InChI is InChI=1S/3C26H32N6OS.CH4/c3*1-13(2)20-21-16(5)23(26-6-7-31(11-19(27)33)9-17(26)8-26)34-25(21)30-22(20)18-10-32-24(28-12-29-32)15(4)14(18)3;/h3*10,12-13,17,30H,6-9,11H2,1-5H3,(H2,27,33);1H4/t2*17?,26-;;/m10../s1. The van der Waals surface area contributed by atoms with Crippen LogP contribution in [0.4, 0.5) is 0 Å². The van der Waals surface area contributed by atoms with Gasteiger partial charge in [0.2, 0.25) is 17.7 Å². The van der Waals surface area contributed by atoms with Crippen LogP contribution in [0.2, 0.25) is 0 Å². The summed E-state index contributed by atoms with van der Waals surface area (Å²) in [5.41, 5.74) is 42.9. The van der Waals surface area contributed by atoms with E-state index in [0.29, 0.717) is 55.1 Å². The predicted molar refractivity (Wildman–Crippen MR) is 416 cm³/mol. The Morgan fingerprint density at radius 3 is 0.932 bits per heavy atom. The molecule has 6 aliphatic rings. The highest BCUT2D eigenvalue weighted by Gasteiger charge is 2.61. The number of hydrogen-bond acceptors (Lipinski definition) is 15. The summed E-state index contributed by atoms with van der Waals surface area (Å²) in [5.74, 6) is 2.38. The van der Waals surface area contributed by atoms with Gasteiger partial charge in [-0.25, -0.2) is 28.5 Å². The number of carbonyl (C=O) groups is 3. The lowest BCUT2D eigenvalue weighted by Crippen LogP contribution is -2.41. The summed E-state index contributed by atoms with van der Waals surface area (Å²) in [6, 6.07) is 0. The average molecular weight is 1450 g/mol. The molecule has 3 aliphatic carbocycles. The first-order chi connectivity index (χ1) is 48.6. The molecule has 6 atom stereocenters. The van der Waals surface area contributed by atoms with Crippen molar-refractivity contribution in [3.8, 4) is 33.8 Å². The van der Waals surface area contributed by atoms with Gasteiger partial charge >= 0.3 is 0 Å². The molecule has 3 aliphatic heterocycles. The van der Waals surface area contributed by atoms with Crippen molar-refractivity contribution < 1.29 is 14.4 Å². The van der Waals surface area contributed by atoms with Gasteiger partial charge in [-0.15, -0.1) is 34.0 Å². The number of aromatic nitrogens is 12. The Balaban J connectivity index is 0.000000124. The largest absolute Gasteiger partial charge is 0.369 e. The van der Waals surface area contributed by atoms with E-state index in [9.17, 15) is 14.4 Å². The van der Waals surface area contributed by atoms with Crippen LogP contribution in [0.3, 0.4) is 0 Å². The van der Waals surface area contributed by atoms with Crippen LogP contribution >= 0.6 is 34.0 Å². The van der Waals surface area contributed by atoms with Gasteiger partial charge in [-0.2, -0.15) is 15.3 Å². The number of piperidine rings is 3. The number of likely N-dealkylation sites (tertiary alicyclic amines) is 3. The summed E-state index contributed by atoms with van der Waals surface area (Å²) in [4.78, 5) is 74.2. The maximum Gasteiger partial charge on any atom is 0.231 e. The third-order valence-electron chi connectivity index (χ3n) is 24.9. The molecule has 3 amide bonds. The number of fused-ring (bicyclic) bond motifs is 9. The maximum absolute atomic E-state index is 11.4. The molecule has 24 heteroatoms. The molecule has 15 heterocycles. The monoisotopic (exact) mass is 1440 g/mol. The van der Waals surface area contributed by atoms with Gasteiger partial charge < -0.3 is 32.2 Å². The third-order valence-corrected chi connectivity index (χ3v) is 29.2. The van der Waals surface area contributed by atoms with Crippen molar-refractivity contribution in [1.29, 1.82) is 0 Å². The number of rotatable bonds is 15. The van der Waals surface area contributed by atoms with Crippen molar-refractivity contribution in [2.45, 2.75) is 184 Å². The number of primary amides is 3. The third kappa shape index (κ3) is 11.3. The molecule has 3 saturated carbocycles. The molecule has 12 aromatic rings. The van der Waals surface area contributed by atoms with Gasteiger partial charge in [-0.3, -0.25) is 29.1 Å². The second-order valence-corrected chi connectivity index (χ2v) is 35.0. The number of thiophene rings is 3. The molecule has 12 aromatic heterocycles. The average Bonchev–Trinajstić information content (AvgIpc) is 1.54. The van der Waals surface area contributed by atoms with Crippen molar-refractivity contribution >= 4 is 99.3 Å². The zero-order valence-corrected chi connectivity index (χ0v) is 64.0. The number of hydrogen-bond donors (Lipinski definition) is 6. The minimum Gasteiger partial charge on any atom is -0.369 e. The molecule has 542 valence electrons. The van der Waals surface area contributed by atoms with E-state index in [2.05, 4.69) is 182 Å². The molecule has 9 N–H and O–H groups in total. The van der Waals surface area contributed by atoms with E-state index in [-0.39, 0.29) is 41.4 Å². The summed E-state index contributed by atoms with van der Waals surface area (Å²) >= 11 is 5.84. The van der Waals surface area contributed by atoms with E-state index >= 15 is 0 Å². The fraction of sp³-hybridized carbons (Fsp3) is 0.506. The highest BCUT2D eigenvalue weighted by molar-refractivity contribution is 7.20. The summed E-state index contributed by atoms with van der Waals surface area (Å²) in [5, 5.41) is 17.5. The second kappa shape index (κ2) is 25.6. The van der Waals surface area contributed by atoms with Crippen LogP contribution in [-0.4, -0.2) is 150 Å². The van der Waals surface area contributed by atoms with Crippen LogP contribution in [0.1, 0.15) is 187 Å². The Morgan fingerprint density at radius 1 is 0.437 bits per heavy atom. The summed E-state index contributed by atoms with van der Waals surface area (Å²) < 4.78 is 5.67. The molecule has 3 saturated heterocycles. The summed E-state index contributed by atoms with van der Waals surface area (Å²) in [6.45, 7) is 40.6. The summed E-state index contributed by atoms with van der Waals surface area (Å²) in [7, 11) is 0. The van der Waals surface area contributed by atoms with Crippen molar-refractivity contribution in [3.05, 3.63) is 119 Å². The van der Waals surface area contributed by atoms with E-state index in [1.807, 2.05) is 47.6 Å². The first kappa shape index (κ1) is 70.5. The van der Waals surface area contributed by atoms with Crippen LogP contribution in [0, 0.1) is 80.1 Å². The number of pyridine rings is 3. The summed E-state index contributed by atoms with van der Waals surface area (Å²) in [6.07, 6.45) is 18.2. The second-order valence-electron chi connectivity index (χ2n) is 32.0. The quantitative estimate of drug-likeness (QED) is 0.0559. The Labute approximate surface area is 613 Å². The van der Waals surface area contributed by atoms with Gasteiger partial charge in [-0.1, -0.05) is 49.0 Å². The SMILES string of the molecule is C.Cc1c(-c2[nH]c3sc(C45CCN(CC(N)=O)CC4C5)c(C)c3c2C(C)C)cn2ncnc2c1C.Cc1c(-c2[nH]c3sc([C@@]45CCN(CC(N)=O)CC4C5)c(C)c3c2C(C)C)cn2ncnc2c1C.Cc1c(-c2[nH]c3sc([C@]45CCN(CC(N)=O)CC4C5)c(C)c3c2C(C)C)cn2ncnc2c1C. The zero-order chi connectivity index (χ0) is 71.8. The number of aromatic amines is 3. The Hall–Kier alpha value is -8.13. The van der Waals surface area contributed by atoms with Gasteiger partial charge in [0, 0.05) is 102 Å². The molecule has 0 radical (unpaired) electrons. The zero-order valence-electron chi connectivity index (χ0n) is 61.6. The molecule has 0 bridgehead atoms. The molecule has 6 fully saturated rings. The highest BCUT2D eigenvalue weighted by atomic mass is 32.1. The van der Waals surface area contributed by atoms with Crippen LogP contribution in [0.5, 0.6) is 0 Å². The normalized spacial score (nSPS) is 22.5. The highest BCUT2D eigenvalue weighted by Crippen LogP contribution is 2.66. The lowest BCUT2D eigenvalue weighted by atomic mass is 9.88. The van der Waals surface area contributed by atoms with Gasteiger partial charge in [0.05, 0.1) is 36.7 Å². The van der Waals surface area contributed by atoms with Gasteiger partial charge in [0.25, 0.3) is 0 Å². The molecule has 0 aromatic carbocycles. The Bertz CT molecular complexity index is 4900. The van der Waals surface area contributed by atoms with Gasteiger partial charge in [0.15, 0.2) is 16.9 Å². The van der Waals surface area contributed by atoms with E-state index in [1.165, 1.54) is 150 Å². The first-order valence-electron chi connectivity index (χ1n) is 36.5. The van der Waals surface area contributed by atoms with E-state index in [0.717, 1.165) is 75.5 Å². The maximum atomic E-state index is 11.4. The number of nitrogens with one attached hydrogen (secondary N) is 3. The smallest absolute Gasteiger partial charge is 0.231 e. The number of carbonyl (C=O) groups excluding carboxylic acids is 3. The number of amides is 3. The van der Waals surface area contributed by atoms with Crippen LogP contribution in [0.15, 0.2) is 37.6 Å². The van der Waals surface area contributed by atoms with Crippen molar-refractivity contribution in [3.63, 3.8) is 0 Å². The lowest BCUT2D eigenvalue weighted by molar-refractivity contribution is -0.120. The van der Waals surface area contributed by atoms with Crippen molar-refractivity contribution in [1.82, 2.24) is 73.4 Å². The number of aryl methyl sites for hydroxylation is 6. The van der Waals surface area contributed by atoms with E-state index in [1.54, 1.807) is 33.6 Å². The Kier molecular flexibility index (Phi) is 17.5. The van der Waals surface area contributed by atoms with Gasteiger partial charge in [0.1, 0.15) is 33.5 Å². The number of H-pyrrole nitrogens is 3. The van der Waals surface area contributed by atoms with E-state index < -0.39 is 0 Å². The van der Waals surface area contributed by atoms with Crippen molar-refractivity contribution in [2.75, 3.05) is 58.9 Å². The molecule has 103 heavy (non-hydrogen) atoms. The van der Waals surface area contributed by atoms with Crippen LogP contribution in [-0.2, 0) is 30.6 Å². The number of nitrogens with two attached hydrogens (primary N) is 3. The first-order valence-corrected chi connectivity index (χ1v) is 39.0. The lowest BCUT2D eigenvalue weighted by Gasteiger charge is -2.30. The van der Waals surface area contributed by atoms with E-state index in [4.69, 9.17) is 17.2 Å². The Morgan fingerprint density at radius 2 is 0.699 bits per heavy atom. The fourth-order valence-corrected chi connectivity index (χ4v) is 23.8. The molecule has 4 unspecified atom stereocenters. The molecule has 21 nitrogen and oxygen atoms in total. The number of nitrogens with zero attached hydrogens (tertiary/aromatic N) is 12. The topological polar surface area (TPSA) is 277 Å². The molecular formula is C79H100N18O3S3. The minimum atomic E-state index is -0.225. The molecule has 18 rings (SSSR count). The predicted octanol–water partition coefficient (Wildman–Crippen LogP) is 13.9. The molecule has 0 spiro atoms. The van der Waals surface area contributed by atoms with Crippen molar-refractivity contribution in [2.24, 2.45) is 35.0 Å². The van der Waals surface area contributed by atoms with Crippen LogP contribution in [0.25, 0.3) is 81.4 Å². The molecular weight excluding hydrogens is 1350 g/mol. The fourth-order valence-electron chi connectivity index (χ4n) is 19.2. The van der Waals surface area contributed by atoms with Gasteiger partial charge in [-0.05, 0) is 223 Å². The minimum absolute atomic E-state index is 0. The van der Waals surface area contributed by atoms with Crippen LogP contribution < -0.4 is 17.2 Å².